The van der Waals surface area contributed by atoms with Gasteiger partial charge in [-0.1, -0.05) is 13.8 Å². The fourth-order valence-corrected chi connectivity index (χ4v) is 1.66. The Kier molecular flexibility index (Phi) is 5.10. The van der Waals surface area contributed by atoms with Gasteiger partial charge in [0, 0.05) is 6.04 Å². The summed E-state index contributed by atoms with van der Waals surface area (Å²) in [5.74, 6) is 0.906. The van der Waals surface area contributed by atoms with Crippen LogP contribution in [0.4, 0.5) is 0 Å². The van der Waals surface area contributed by atoms with Crippen molar-refractivity contribution in [2.24, 2.45) is 5.92 Å². The molecule has 0 aromatic heterocycles. The Morgan fingerprint density at radius 3 is 2.60 bits per heavy atom. The zero-order valence-corrected chi connectivity index (χ0v) is 7.71. The van der Waals surface area contributed by atoms with Gasteiger partial charge in [0.15, 0.2) is 0 Å². The lowest BCUT2D eigenvalue weighted by Gasteiger charge is -2.28. The van der Waals surface area contributed by atoms with Crippen molar-refractivity contribution < 1.29 is 0 Å². The van der Waals surface area contributed by atoms with E-state index in [-0.39, 0.29) is 12.4 Å². The van der Waals surface area contributed by atoms with Gasteiger partial charge in [-0.3, -0.25) is 0 Å². The molecular weight excluding hydrogens is 146 g/mol. The molecule has 1 N–H and O–H groups in total. The fraction of sp³-hybridized carbons (Fsp3) is 1.00. The molecule has 0 aromatic rings. The molecule has 10 heavy (non-hydrogen) atoms. The second kappa shape index (κ2) is 4.97. The van der Waals surface area contributed by atoms with Gasteiger partial charge in [0.25, 0.3) is 0 Å². The van der Waals surface area contributed by atoms with Crippen molar-refractivity contribution in [3.8, 4) is 0 Å². The van der Waals surface area contributed by atoms with E-state index in [0.29, 0.717) is 0 Å². The second-order valence-corrected chi connectivity index (χ2v) is 3.09. The van der Waals surface area contributed by atoms with Crippen LogP contribution in [0.25, 0.3) is 0 Å². The Bertz CT molecular complexity index is 85.3. The summed E-state index contributed by atoms with van der Waals surface area (Å²) in [4.78, 5) is 0. The maximum Gasteiger partial charge on any atom is 0.00900 e. The van der Waals surface area contributed by atoms with Gasteiger partial charge in [0.05, 0.1) is 0 Å². The van der Waals surface area contributed by atoms with Crippen LogP contribution in [-0.2, 0) is 0 Å². The van der Waals surface area contributed by atoms with E-state index in [1.807, 2.05) is 0 Å². The Balaban J connectivity index is 0.000000810. The number of hydrogen-bond donors (Lipinski definition) is 1. The van der Waals surface area contributed by atoms with Gasteiger partial charge in [-0.25, -0.2) is 0 Å². The van der Waals surface area contributed by atoms with Crippen LogP contribution in [0.1, 0.15) is 33.1 Å². The summed E-state index contributed by atoms with van der Waals surface area (Å²) in [6.07, 6.45) is 4.09. The molecule has 1 nitrogen and oxygen atoms in total. The molecule has 62 valence electrons. The SMILES string of the molecule is CCC1NCCCC1C.Cl. The van der Waals surface area contributed by atoms with E-state index in [1.165, 1.54) is 25.8 Å². The molecule has 0 spiro atoms. The third kappa shape index (κ3) is 2.47. The maximum atomic E-state index is 3.52. The summed E-state index contributed by atoms with van der Waals surface area (Å²) in [6.45, 7) is 5.85. The number of halogens is 1. The first-order chi connectivity index (χ1) is 4.34. The molecule has 0 radical (unpaired) electrons. The summed E-state index contributed by atoms with van der Waals surface area (Å²) < 4.78 is 0. The monoisotopic (exact) mass is 163 g/mol. The van der Waals surface area contributed by atoms with E-state index in [4.69, 9.17) is 0 Å². The Hall–Kier alpha value is 0.250. The average molecular weight is 164 g/mol. The maximum absolute atomic E-state index is 3.52. The molecular formula is C8H18ClN. The van der Waals surface area contributed by atoms with Crippen LogP contribution < -0.4 is 5.32 Å². The zero-order valence-electron chi connectivity index (χ0n) is 6.89. The van der Waals surface area contributed by atoms with Gasteiger partial charge < -0.3 is 5.32 Å². The largest absolute Gasteiger partial charge is 0.314 e. The first-order valence-corrected chi connectivity index (χ1v) is 4.08. The normalized spacial score (nSPS) is 33.0. The fourth-order valence-electron chi connectivity index (χ4n) is 1.66. The summed E-state index contributed by atoms with van der Waals surface area (Å²) in [7, 11) is 0. The van der Waals surface area contributed by atoms with E-state index in [1.54, 1.807) is 0 Å². The molecule has 1 saturated heterocycles. The molecule has 0 amide bonds. The Morgan fingerprint density at radius 2 is 2.20 bits per heavy atom. The van der Waals surface area contributed by atoms with Crippen molar-refractivity contribution in [3.63, 3.8) is 0 Å². The minimum atomic E-state index is 0. The molecule has 0 saturated carbocycles. The van der Waals surface area contributed by atoms with Crippen LogP contribution >= 0.6 is 12.4 Å². The van der Waals surface area contributed by atoms with E-state index < -0.39 is 0 Å². The molecule has 1 heterocycles. The molecule has 1 aliphatic rings. The summed E-state index contributed by atoms with van der Waals surface area (Å²) in [5, 5.41) is 3.52. The molecule has 0 aromatic carbocycles. The summed E-state index contributed by atoms with van der Waals surface area (Å²) >= 11 is 0. The smallest absolute Gasteiger partial charge is 0.00900 e. The van der Waals surface area contributed by atoms with Crippen LogP contribution in [0, 0.1) is 5.92 Å². The summed E-state index contributed by atoms with van der Waals surface area (Å²) in [6, 6.07) is 0.804. The quantitative estimate of drug-likeness (QED) is 0.625. The number of piperidine rings is 1. The number of hydrogen-bond acceptors (Lipinski definition) is 1. The highest BCUT2D eigenvalue weighted by Crippen LogP contribution is 2.16. The van der Waals surface area contributed by atoms with Crippen molar-refractivity contribution in [2.75, 3.05) is 6.54 Å². The molecule has 0 aliphatic carbocycles. The van der Waals surface area contributed by atoms with Gasteiger partial charge in [-0.2, -0.15) is 0 Å². The predicted molar refractivity (Wildman–Crippen MR) is 47.7 cm³/mol. The van der Waals surface area contributed by atoms with Crippen LogP contribution in [-0.4, -0.2) is 12.6 Å². The van der Waals surface area contributed by atoms with E-state index in [0.717, 1.165) is 12.0 Å². The number of nitrogens with one attached hydrogen (secondary N) is 1. The van der Waals surface area contributed by atoms with E-state index >= 15 is 0 Å². The lowest BCUT2D eigenvalue weighted by atomic mass is 9.91. The second-order valence-electron chi connectivity index (χ2n) is 3.09. The predicted octanol–water partition coefficient (Wildman–Crippen LogP) is 2.21. The highest BCUT2D eigenvalue weighted by Gasteiger charge is 2.17. The van der Waals surface area contributed by atoms with Gasteiger partial charge >= 0.3 is 0 Å². The lowest BCUT2D eigenvalue weighted by Crippen LogP contribution is -2.39. The standard InChI is InChI=1S/C8H17N.ClH/c1-3-8-7(2)5-4-6-9-8;/h7-9H,3-6H2,1-2H3;1H. The average Bonchev–Trinajstić information content (AvgIpc) is 1.89. The molecule has 0 bridgehead atoms. The van der Waals surface area contributed by atoms with Crippen LogP contribution in [0.15, 0.2) is 0 Å². The minimum absolute atomic E-state index is 0. The Morgan fingerprint density at radius 1 is 1.50 bits per heavy atom. The third-order valence-electron chi connectivity index (χ3n) is 2.37. The molecule has 1 aliphatic heterocycles. The molecule has 2 atom stereocenters. The zero-order chi connectivity index (χ0) is 6.69. The van der Waals surface area contributed by atoms with Crippen LogP contribution in [0.2, 0.25) is 0 Å². The Labute approximate surface area is 70.0 Å². The topological polar surface area (TPSA) is 12.0 Å². The number of rotatable bonds is 1. The van der Waals surface area contributed by atoms with Gasteiger partial charge in [0.2, 0.25) is 0 Å². The molecule has 2 heteroatoms. The van der Waals surface area contributed by atoms with Crippen molar-refractivity contribution in [1.29, 1.82) is 0 Å². The van der Waals surface area contributed by atoms with Crippen molar-refractivity contribution in [3.05, 3.63) is 0 Å². The van der Waals surface area contributed by atoms with Crippen LogP contribution in [0.5, 0.6) is 0 Å². The molecule has 2 unspecified atom stereocenters. The summed E-state index contributed by atoms with van der Waals surface area (Å²) in [5.41, 5.74) is 0. The first kappa shape index (κ1) is 10.2. The van der Waals surface area contributed by atoms with Crippen molar-refractivity contribution in [2.45, 2.75) is 39.2 Å². The van der Waals surface area contributed by atoms with Gasteiger partial charge in [-0.05, 0) is 31.7 Å². The minimum Gasteiger partial charge on any atom is -0.314 e. The van der Waals surface area contributed by atoms with Gasteiger partial charge in [0.1, 0.15) is 0 Å². The van der Waals surface area contributed by atoms with Crippen molar-refractivity contribution in [1.82, 2.24) is 5.32 Å². The highest BCUT2D eigenvalue weighted by molar-refractivity contribution is 5.85. The molecule has 1 fully saturated rings. The van der Waals surface area contributed by atoms with Crippen molar-refractivity contribution >= 4 is 12.4 Å². The van der Waals surface area contributed by atoms with Gasteiger partial charge in [-0.15, -0.1) is 12.4 Å². The van der Waals surface area contributed by atoms with Crippen LogP contribution in [0.3, 0.4) is 0 Å². The third-order valence-corrected chi connectivity index (χ3v) is 2.37. The van der Waals surface area contributed by atoms with E-state index in [2.05, 4.69) is 19.2 Å². The van der Waals surface area contributed by atoms with E-state index in [9.17, 15) is 0 Å². The highest BCUT2D eigenvalue weighted by atomic mass is 35.5. The first-order valence-electron chi connectivity index (χ1n) is 4.08. The molecule has 1 rings (SSSR count). The lowest BCUT2D eigenvalue weighted by molar-refractivity contribution is 0.293.